The molecule has 0 heterocycles. The third-order valence-corrected chi connectivity index (χ3v) is 4.14. The first-order valence-corrected chi connectivity index (χ1v) is 7.86. The van der Waals surface area contributed by atoms with Gasteiger partial charge in [0.25, 0.3) is 0 Å². The van der Waals surface area contributed by atoms with Gasteiger partial charge in [0, 0.05) is 23.8 Å². The molecular formula is C17H26N2O. The van der Waals surface area contributed by atoms with Crippen molar-refractivity contribution in [3.8, 4) is 0 Å². The first-order valence-electron chi connectivity index (χ1n) is 7.86. The summed E-state index contributed by atoms with van der Waals surface area (Å²) in [6.07, 6.45) is 8.40. The SMILES string of the molecule is CCC(=O)Nc1cccc(NC2CCCCCC2)c1C. The van der Waals surface area contributed by atoms with Crippen LogP contribution in [0.1, 0.15) is 57.4 Å². The molecule has 1 amide bonds. The fourth-order valence-electron chi connectivity index (χ4n) is 2.81. The van der Waals surface area contributed by atoms with E-state index in [1.54, 1.807) is 0 Å². The molecule has 0 spiro atoms. The summed E-state index contributed by atoms with van der Waals surface area (Å²) in [6.45, 7) is 3.95. The topological polar surface area (TPSA) is 41.1 Å². The fourth-order valence-corrected chi connectivity index (χ4v) is 2.81. The Balaban J connectivity index is 2.07. The van der Waals surface area contributed by atoms with E-state index in [2.05, 4.69) is 23.6 Å². The van der Waals surface area contributed by atoms with Crippen LogP contribution in [0.5, 0.6) is 0 Å². The van der Waals surface area contributed by atoms with Crippen LogP contribution in [0.3, 0.4) is 0 Å². The molecule has 0 saturated heterocycles. The zero-order chi connectivity index (χ0) is 14.4. The van der Waals surface area contributed by atoms with Gasteiger partial charge >= 0.3 is 0 Å². The minimum atomic E-state index is 0.0692. The minimum Gasteiger partial charge on any atom is -0.382 e. The van der Waals surface area contributed by atoms with Gasteiger partial charge in [-0.05, 0) is 37.5 Å². The smallest absolute Gasteiger partial charge is 0.224 e. The van der Waals surface area contributed by atoms with Crippen LogP contribution in [0.25, 0.3) is 0 Å². The third kappa shape index (κ3) is 3.99. The van der Waals surface area contributed by atoms with Gasteiger partial charge in [-0.25, -0.2) is 0 Å². The molecule has 1 aromatic carbocycles. The van der Waals surface area contributed by atoms with Crippen molar-refractivity contribution >= 4 is 17.3 Å². The summed E-state index contributed by atoms with van der Waals surface area (Å²) in [5.74, 6) is 0.0692. The van der Waals surface area contributed by atoms with Crippen molar-refractivity contribution in [3.63, 3.8) is 0 Å². The quantitative estimate of drug-likeness (QED) is 0.795. The van der Waals surface area contributed by atoms with Crippen LogP contribution in [0.2, 0.25) is 0 Å². The van der Waals surface area contributed by atoms with Gasteiger partial charge in [-0.3, -0.25) is 4.79 Å². The van der Waals surface area contributed by atoms with Crippen LogP contribution in [-0.4, -0.2) is 11.9 Å². The predicted octanol–water partition coefficient (Wildman–Crippen LogP) is 4.48. The molecule has 3 heteroatoms. The van der Waals surface area contributed by atoms with Crippen LogP contribution in [0.4, 0.5) is 11.4 Å². The van der Waals surface area contributed by atoms with Crippen molar-refractivity contribution in [3.05, 3.63) is 23.8 Å². The van der Waals surface area contributed by atoms with Crippen molar-refractivity contribution in [2.45, 2.75) is 64.8 Å². The van der Waals surface area contributed by atoms with Crippen molar-refractivity contribution in [2.24, 2.45) is 0 Å². The van der Waals surface area contributed by atoms with Crippen LogP contribution in [0, 0.1) is 6.92 Å². The number of carbonyl (C=O) groups excluding carboxylic acids is 1. The Morgan fingerprint density at radius 1 is 1.15 bits per heavy atom. The van der Waals surface area contributed by atoms with Gasteiger partial charge < -0.3 is 10.6 Å². The van der Waals surface area contributed by atoms with Gasteiger partial charge in [0.2, 0.25) is 5.91 Å². The number of amides is 1. The first kappa shape index (κ1) is 14.9. The van der Waals surface area contributed by atoms with E-state index < -0.39 is 0 Å². The molecule has 1 aliphatic rings. The maximum Gasteiger partial charge on any atom is 0.224 e. The second-order valence-electron chi connectivity index (χ2n) is 5.71. The standard InChI is InChI=1S/C17H26N2O/c1-3-17(20)19-16-12-8-11-15(13(16)2)18-14-9-6-4-5-7-10-14/h8,11-12,14,18H,3-7,9-10H2,1-2H3,(H,19,20). The Bertz CT molecular complexity index is 448. The van der Waals surface area contributed by atoms with E-state index in [0.29, 0.717) is 12.5 Å². The number of hydrogen-bond acceptors (Lipinski definition) is 2. The van der Waals surface area contributed by atoms with Crippen molar-refractivity contribution < 1.29 is 4.79 Å². The van der Waals surface area contributed by atoms with E-state index in [1.165, 1.54) is 38.5 Å². The lowest BCUT2D eigenvalue weighted by Gasteiger charge is -2.20. The first-order chi connectivity index (χ1) is 9.70. The highest BCUT2D eigenvalue weighted by Crippen LogP contribution is 2.27. The second-order valence-corrected chi connectivity index (χ2v) is 5.71. The molecule has 1 fully saturated rings. The molecule has 20 heavy (non-hydrogen) atoms. The molecule has 3 nitrogen and oxygen atoms in total. The van der Waals surface area contributed by atoms with E-state index in [9.17, 15) is 4.79 Å². The van der Waals surface area contributed by atoms with E-state index in [0.717, 1.165) is 16.9 Å². The van der Waals surface area contributed by atoms with E-state index in [4.69, 9.17) is 0 Å². The largest absolute Gasteiger partial charge is 0.382 e. The van der Waals surface area contributed by atoms with Gasteiger partial charge in [0.1, 0.15) is 0 Å². The average molecular weight is 274 g/mol. The van der Waals surface area contributed by atoms with Crippen molar-refractivity contribution in [2.75, 3.05) is 10.6 Å². The van der Waals surface area contributed by atoms with Gasteiger partial charge in [-0.15, -0.1) is 0 Å². The molecule has 2 rings (SSSR count). The lowest BCUT2D eigenvalue weighted by Crippen LogP contribution is -2.19. The predicted molar refractivity (Wildman–Crippen MR) is 85.2 cm³/mol. The molecule has 0 unspecified atom stereocenters. The van der Waals surface area contributed by atoms with Gasteiger partial charge in [0.15, 0.2) is 0 Å². The molecule has 0 radical (unpaired) electrons. The molecule has 110 valence electrons. The van der Waals surface area contributed by atoms with Crippen molar-refractivity contribution in [1.29, 1.82) is 0 Å². The number of hydrogen-bond donors (Lipinski definition) is 2. The molecule has 1 aliphatic carbocycles. The van der Waals surface area contributed by atoms with E-state index >= 15 is 0 Å². The molecule has 0 atom stereocenters. The third-order valence-electron chi connectivity index (χ3n) is 4.14. The van der Waals surface area contributed by atoms with E-state index in [-0.39, 0.29) is 5.91 Å². The highest BCUT2D eigenvalue weighted by molar-refractivity contribution is 5.92. The Morgan fingerprint density at radius 2 is 1.80 bits per heavy atom. The Kier molecular flexibility index (Phi) is 5.45. The molecular weight excluding hydrogens is 248 g/mol. The Hall–Kier alpha value is -1.51. The molecule has 0 aromatic heterocycles. The minimum absolute atomic E-state index is 0.0692. The summed E-state index contributed by atoms with van der Waals surface area (Å²) in [6, 6.07) is 6.67. The van der Waals surface area contributed by atoms with Crippen molar-refractivity contribution in [1.82, 2.24) is 0 Å². The molecule has 0 bridgehead atoms. The van der Waals surface area contributed by atoms with Crippen LogP contribution < -0.4 is 10.6 Å². The second kappa shape index (κ2) is 7.32. The Labute approximate surface area is 122 Å². The maximum absolute atomic E-state index is 11.5. The average Bonchev–Trinajstić information content (AvgIpc) is 2.71. The lowest BCUT2D eigenvalue weighted by molar-refractivity contribution is -0.115. The Morgan fingerprint density at radius 3 is 2.45 bits per heavy atom. The summed E-state index contributed by atoms with van der Waals surface area (Å²) in [7, 11) is 0. The summed E-state index contributed by atoms with van der Waals surface area (Å²) in [5.41, 5.74) is 3.22. The monoisotopic (exact) mass is 274 g/mol. The highest BCUT2D eigenvalue weighted by Gasteiger charge is 2.14. The van der Waals surface area contributed by atoms with Gasteiger partial charge in [-0.1, -0.05) is 38.7 Å². The van der Waals surface area contributed by atoms with Crippen LogP contribution in [-0.2, 0) is 4.79 Å². The summed E-state index contributed by atoms with van der Waals surface area (Å²) >= 11 is 0. The molecule has 1 aromatic rings. The zero-order valence-electron chi connectivity index (χ0n) is 12.7. The van der Waals surface area contributed by atoms with Gasteiger partial charge in [-0.2, -0.15) is 0 Å². The van der Waals surface area contributed by atoms with E-state index in [1.807, 2.05) is 19.1 Å². The summed E-state index contributed by atoms with van der Waals surface area (Å²) in [4.78, 5) is 11.5. The number of rotatable bonds is 4. The highest BCUT2D eigenvalue weighted by atomic mass is 16.1. The summed E-state index contributed by atoms with van der Waals surface area (Å²) in [5, 5.41) is 6.64. The number of carbonyl (C=O) groups is 1. The summed E-state index contributed by atoms with van der Waals surface area (Å²) < 4.78 is 0. The number of anilines is 2. The maximum atomic E-state index is 11.5. The molecule has 0 aliphatic heterocycles. The van der Waals surface area contributed by atoms with Gasteiger partial charge in [0.05, 0.1) is 0 Å². The zero-order valence-corrected chi connectivity index (χ0v) is 12.7. The fraction of sp³-hybridized carbons (Fsp3) is 0.588. The number of nitrogens with one attached hydrogen (secondary N) is 2. The molecule has 1 saturated carbocycles. The normalized spacial score (nSPS) is 16.5. The number of benzene rings is 1. The lowest BCUT2D eigenvalue weighted by atomic mass is 10.1. The van der Waals surface area contributed by atoms with Crippen LogP contribution >= 0.6 is 0 Å². The molecule has 2 N–H and O–H groups in total. The van der Waals surface area contributed by atoms with Crippen LogP contribution in [0.15, 0.2) is 18.2 Å².